The predicted octanol–water partition coefficient (Wildman–Crippen LogP) is 4.35. The number of anilines is 2. The van der Waals surface area contributed by atoms with E-state index in [1.807, 2.05) is 32.0 Å². The second-order valence-electron chi connectivity index (χ2n) is 7.49. The van der Waals surface area contributed by atoms with Crippen molar-refractivity contribution in [2.24, 2.45) is 0 Å². The Balaban J connectivity index is 1.56. The zero-order valence-electron chi connectivity index (χ0n) is 18.4. The van der Waals surface area contributed by atoms with Gasteiger partial charge in [-0.1, -0.05) is 38.2 Å². The summed E-state index contributed by atoms with van der Waals surface area (Å²) in [6.45, 7) is 8.03. The van der Waals surface area contributed by atoms with Crippen molar-refractivity contribution in [3.05, 3.63) is 58.6 Å². The molecule has 3 rings (SSSR count). The van der Waals surface area contributed by atoms with Crippen molar-refractivity contribution in [1.29, 1.82) is 0 Å². The molecule has 0 aliphatic heterocycles. The highest BCUT2D eigenvalue weighted by Gasteiger charge is 2.17. The minimum absolute atomic E-state index is 0.0562. The number of hydrogen-bond donors (Lipinski definition) is 2. The quantitative estimate of drug-likeness (QED) is 0.477. The van der Waals surface area contributed by atoms with Crippen LogP contribution in [0.3, 0.4) is 0 Å². The average Bonchev–Trinajstić information content (AvgIpc) is 3.19. The Morgan fingerprint density at radius 1 is 1.12 bits per heavy atom. The molecular formula is C22H26N4O4S2. The number of aryl methyl sites for hydroxylation is 2. The second-order valence-corrected chi connectivity index (χ2v) is 10.2. The molecule has 0 fully saturated rings. The smallest absolute Gasteiger partial charge is 0.263 e. The van der Waals surface area contributed by atoms with E-state index in [0.29, 0.717) is 23.8 Å². The third-order valence-corrected chi connectivity index (χ3v) is 7.14. The number of aromatic nitrogens is 2. The lowest BCUT2D eigenvalue weighted by Gasteiger charge is -2.12. The van der Waals surface area contributed by atoms with Crippen molar-refractivity contribution in [2.75, 3.05) is 16.6 Å². The highest BCUT2D eigenvalue weighted by atomic mass is 32.2. The van der Waals surface area contributed by atoms with E-state index in [-0.39, 0.29) is 22.5 Å². The molecule has 2 N–H and O–H groups in total. The standard InChI is InChI=1S/C22H26N4O4S2/c1-5-21-24-25-22(31-21)26-32(28,29)18-9-6-16(7-10-18)23-20(27)13-30-17-8-11-19(14(2)3)15(4)12-17/h6-12,14H,5,13H2,1-4H3,(H,23,27)(H,25,26). The number of sulfonamides is 1. The first-order valence-corrected chi connectivity index (χ1v) is 12.5. The summed E-state index contributed by atoms with van der Waals surface area (Å²) in [6, 6.07) is 11.6. The number of hydrogen-bond acceptors (Lipinski definition) is 7. The molecule has 0 saturated heterocycles. The van der Waals surface area contributed by atoms with Crippen molar-refractivity contribution in [3.63, 3.8) is 0 Å². The first kappa shape index (κ1) is 23.7. The molecular weight excluding hydrogens is 448 g/mol. The molecule has 0 spiro atoms. The van der Waals surface area contributed by atoms with E-state index >= 15 is 0 Å². The molecule has 0 unspecified atom stereocenters. The summed E-state index contributed by atoms with van der Waals surface area (Å²) < 4.78 is 33.0. The third-order valence-electron chi connectivity index (χ3n) is 4.67. The molecule has 10 heteroatoms. The Kier molecular flexibility index (Phi) is 7.47. The van der Waals surface area contributed by atoms with Crippen LogP contribution in [0.1, 0.15) is 42.8 Å². The van der Waals surface area contributed by atoms with Crippen LogP contribution in [-0.2, 0) is 21.2 Å². The van der Waals surface area contributed by atoms with E-state index in [9.17, 15) is 13.2 Å². The predicted molar refractivity (Wildman–Crippen MR) is 126 cm³/mol. The summed E-state index contributed by atoms with van der Waals surface area (Å²) in [6.07, 6.45) is 0.681. The first-order chi connectivity index (χ1) is 15.2. The van der Waals surface area contributed by atoms with Gasteiger partial charge in [0.1, 0.15) is 10.8 Å². The van der Waals surface area contributed by atoms with Crippen LogP contribution >= 0.6 is 11.3 Å². The molecule has 0 bridgehead atoms. The Labute approximate surface area is 192 Å². The lowest BCUT2D eigenvalue weighted by molar-refractivity contribution is -0.118. The summed E-state index contributed by atoms with van der Waals surface area (Å²) in [4.78, 5) is 12.3. The average molecular weight is 475 g/mol. The van der Waals surface area contributed by atoms with Gasteiger partial charge in [-0.05, 0) is 66.8 Å². The normalized spacial score (nSPS) is 11.4. The number of rotatable bonds is 9. The van der Waals surface area contributed by atoms with Gasteiger partial charge >= 0.3 is 0 Å². The first-order valence-electron chi connectivity index (χ1n) is 10.2. The zero-order valence-corrected chi connectivity index (χ0v) is 20.0. The van der Waals surface area contributed by atoms with Gasteiger partial charge in [-0.25, -0.2) is 8.42 Å². The largest absolute Gasteiger partial charge is 0.484 e. The molecule has 0 radical (unpaired) electrons. The lowest BCUT2D eigenvalue weighted by Crippen LogP contribution is -2.20. The van der Waals surface area contributed by atoms with E-state index in [4.69, 9.17) is 4.74 Å². The fourth-order valence-electron chi connectivity index (χ4n) is 3.06. The van der Waals surface area contributed by atoms with E-state index in [0.717, 1.165) is 10.6 Å². The van der Waals surface area contributed by atoms with E-state index < -0.39 is 10.0 Å². The van der Waals surface area contributed by atoms with E-state index in [1.165, 1.54) is 41.2 Å². The number of nitrogens with zero attached hydrogens (tertiary/aromatic N) is 2. The SMILES string of the molecule is CCc1nnc(NS(=O)(=O)c2ccc(NC(=O)COc3ccc(C(C)C)c(C)c3)cc2)s1. The molecule has 0 aliphatic rings. The number of carbonyl (C=O) groups excluding carboxylic acids is 1. The Morgan fingerprint density at radius 2 is 1.84 bits per heavy atom. The van der Waals surface area contributed by atoms with Gasteiger partial charge in [0.2, 0.25) is 5.13 Å². The molecule has 0 aliphatic carbocycles. The van der Waals surface area contributed by atoms with Crippen molar-refractivity contribution in [2.45, 2.75) is 44.9 Å². The molecule has 1 amide bonds. The zero-order chi connectivity index (χ0) is 23.3. The fraction of sp³-hybridized carbons (Fsp3) is 0.318. The minimum atomic E-state index is -3.79. The van der Waals surface area contributed by atoms with Crippen LogP contribution in [0.5, 0.6) is 5.75 Å². The lowest BCUT2D eigenvalue weighted by atomic mass is 9.98. The summed E-state index contributed by atoms with van der Waals surface area (Å²) in [7, 11) is -3.79. The van der Waals surface area contributed by atoms with Gasteiger partial charge in [0.25, 0.3) is 15.9 Å². The van der Waals surface area contributed by atoms with Crippen molar-refractivity contribution < 1.29 is 17.9 Å². The monoisotopic (exact) mass is 474 g/mol. The number of amides is 1. The van der Waals surface area contributed by atoms with Crippen LogP contribution in [-0.4, -0.2) is 31.1 Å². The second kappa shape index (κ2) is 10.1. The van der Waals surface area contributed by atoms with Crippen LogP contribution in [0.25, 0.3) is 0 Å². The molecule has 170 valence electrons. The highest BCUT2D eigenvalue weighted by Crippen LogP contribution is 2.24. The summed E-state index contributed by atoms with van der Waals surface area (Å²) in [5, 5.41) is 11.4. The Hall–Kier alpha value is -2.98. The van der Waals surface area contributed by atoms with Crippen molar-refractivity contribution in [1.82, 2.24) is 10.2 Å². The summed E-state index contributed by atoms with van der Waals surface area (Å²) in [5.74, 6) is 0.698. The van der Waals surface area contributed by atoms with Crippen LogP contribution in [0.2, 0.25) is 0 Å². The number of ether oxygens (including phenoxy) is 1. The van der Waals surface area contributed by atoms with Crippen LogP contribution in [0, 0.1) is 6.92 Å². The maximum absolute atomic E-state index is 12.5. The van der Waals surface area contributed by atoms with Crippen molar-refractivity contribution >= 4 is 38.1 Å². The van der Waals surface area contributed by atoms with E-state index in [1.54, 1.807) is 0 Å². The molecule has 3 aromatic rings. The summed E-state index contributed by atoms with van der Waals surface area (Å²) >= 11 is 1.19. The molecule has 32 heavy (non-hydrogen) atoms. The molecule has 2 aromatic carbocycles. The number of benzene rings is 2. The maximum atomic E-state index is 12.5. The van der Waals surface area contributed by atoms with Gasteiger partial charge in [0, 0.05) is 5.69 Å². The molecule has 0 atom stereocenters. The third kappa shape index (κ3) is 6.04. The van der Waals surface area contributed by atoms with Crippen LogP contribution in [0.4, 0.5) is 10.8 Å². The van der Waals surface area contributed by atoms with Gasteiger partial charge < -0.3 is 10.1 Å². The van der Waals surface area contributed by atoms with Gasteiger partial charge in [0.05, 0.1) is 4.90 Å². The number of carbonyl (C=O) groups is 1. The van der Waals surface area contributed by atoms with Crippen LogP contribution in [0.15, 0.2) is 47.4 Å². The van der Waals surface area contributed by atoms with Gasteiger partial charge in [-0.2, -0.15) is 0 Å². The summed E-state index contributed by atoms with van der Waals surface area (Å²) in [5.41, 5.74) is 2.82. The maximum Gasteiger partial charge on any atom is 0.263 e. The van der Waals surface area contributed by atoms with Crippen molar-refractivity contribution in [3.8, 4) is 5.75 Å². The Morgan fingerprint density at radius 3 is 2.44 bits per heavy atom. The van der Waals surface area contributed by atoms with Crippen LogP contribution < -0.4 is 14.8 Å². The highest BCUT2D eigenvalue weighted by molar-refractivity contribution is 7.93. The van der Waals surface area contributed by atoms with Gasteiger partial charge in [0.15, 0.2) is 6.61 Å². The van der Waals surface area contributed by atoms with Gasteiger partial charge in [-0.3, -0.25) is 9.52 Å². The number of nitrogens with one attached hydrogen (secondary N) is 2. The minimum Gasteiger partial charge on any atom is -0.484 e. The Bertz CT molecular complexity index is 1190. The fourth-order valence-corrected chi connectivity index (χ4v) is 4.97. The molecule has 1 aromatic heterocycles. The molecule has 8 nitrogen and oxygen atoms in total. The topological polar surface area (TPSA) is 110 Å². The molecule has 1 heterocycles. The molecule has 0 saturated carbocycles. The van der Waals surface area contributed by atoms with Gasteiger partial charge in [-0.15, -0.1) is 10.2 Å². The van der Waals surface area contributed by atoms with E-state index in [2.05, 4.69) is 34.1 Å².